The van der Waals surface area contributed by atoms with Crippen LogP contribution in [0.25, 0.3) is 0 Å². The summed E-state index contributed by atoms with van der Waals surface area (Å²) in [5.74, 6) is -0.980. The molecule has 96 valence electrons. The Labute approximate surface area is 105 Å². The molecule has 0 atom stereocenters. The summed E-state index contributed by atoms with van der Waals surface area (Å²) in [5, 5.41) is 30.2. The highest BCUT2D eigenvalue weighted by Crippen LogP contribution is 2.21. The number of allylic oxidation sites excluding steroid dienone is 1. The van der Waals surface area contributed by atoms with Crippen molar-refractivity contribution in [1.82, 2.24) is 0 Å². The number of aliphatic carboxylic acids is 1. The van der Waals surface area contributed by atoms with Crippen molar-refractivity contribution in [2.45, 2.75) is 19.8 Å². The molecule has 0 amide bonds. The number of aromatic hydroxyl groups is 1. The Bertz CT molecular complexity index is 492. The Morgan fingerprint density at radius 3 is 2.78 bits per heavy atom. The number of benzene rings is 1. The summed E-state index contributed by atoms with van der Waals surface area (Å²) in [4.78, 5) is 10.3. The Morgan fingerprint density at radius 2 is 2.17 bits per heavy atom. The Morgan fingerprint density at radius 1 is 1.44 bits per heavy atom. The number of hydrogen-bond acceptors (Lipinski definition) is 4. The molecular formula is C13H15NO4. The second-order valence-corrected chi connectivity index (χ2v) is 3.85. The highest BCUT2D eigenvalue weighted by Gasteiger charge is 2.09. The van der Waals surface area contributed by atoms with Gasteiger partial charge in [0.05, 0.1) is 5.71 Å². The summed E-state index contributed by atoms with van der Waals surface area (Å²) in [5.41, 5.74) is 1.72. The van der Waals surface area contributed by atoms with E-state index in [1.807, 2.05) is 6.92 Å². The highest BCUT2D eigenvalue weighted by atomic mass is 16.4. The van der Waals surface area contributed by atoms with Gasteiger partial charge in [0.1, 0.15) is 5.75 Å². The molecule has 0 radical (unpaired) electrons. The molecule has 1 rings (SSSR count). The maximum absolute atomic E-state index is 10.3. The van der Waals surface area contributed by atoms with Crippen molar-refractivity contribution in [2.75, 3.05) is 0 Å². The lowest BCUT2D eigenvalue weighted by Crippen LogP contribution is -2.01. The fraction of sp³-hybridized carbons (Fsp3) is 0.231. The van der Waals surface area contributed by atoms with E-state index >= 15 is 0 Å². The second-order valence-electron chi connectivity index (χ2n) is 3.85. The van der Waals surface area contributed by atoms with Crippen LogP contribution in [0.15, 0.2) is 35.5 Å². The number of carbonyl (C=O) groups is 1. The number of aryl methyl sites for hydroxylation is 1. The molecule has 18 heavy (non-hydrogen) atoms. The minimum Gasteiger partial charge on any atom is -0.507 e. The van der Waals surface area contributed by atoms with Crippen molar-refractivity contribution < 1.29 is 20.2 Å². The summed E-state index contributed by atoms with van der Waals surface area (Å²) in [6.45, 7) is 1.86. The van der Waals surface area contributed by atoms with Crippen molar-refractivity contribution in [3.63, 3.8) is 0 Å². The van der Waals surface area contributed by atoms with Gasteiger partial charge in [0, 0.05) is 11.6 Å². The van der Waals surface area contributed by atoms with Crippen molar-refractivity contribution in [2.24, 2.45) is 5.16 Å². The number of phenolic OH excluding ortho intramolecular Hbond substituents is 1. The van der Waals surface area contributed by atoms with Crippen LogP contribution < -0.4 is 0 Å². The van der Waals surface area contributed by atoms with Gasteiger partial charge in [0.15, 0.2) is 0 Å². The highest BCUT2D eigenvalue weighted by molar-refractivity contribution is 6.02. The van der Waals surface area contributed by atoms with Crippen LogP contribution in [0.2, 0.25) is 0 Å². The van der Waals surface area contributed by atoms with Crippen LogP contribution in [-0.4, -0.2) is 27.1 Å². The maximum atomic E-state index is 10.3. The first kappa shape index (κ1) is 13.8. The van der Waals surface area contributed by atoms with Crippen molar-refractivity contribution in [3.05, 3.63) is 41.5 Å². The summed E-state index contributed by atoms with van der Waals surface area (Å²) in [6.07, 6.45) is 3.27. The molecule has 0 saturated heterocycles. The van der Waals surface area contributed by atoms with Crippen molar-refractivity contribution in [1.29, 1.82) is 0 Å². The minimum absolute atomic E-state index is 0.0376. The van der Waals surface area contributed by atoms with Crippen LogP contribution in [0.5, 0.6) is 5.75 Å². The lowest BCUT2D eigenvalue weighted by atomic mass is 10.0. The first-order valence-electron chi connectivity index (χ1n) is 5.45. The summed E-state index contributed by atoms with van der Waals surface area (Å²) >= 11 is 0. The van der Waals surface area contributed by atoms with Gasteiger partial charge in [-0.05, 0) is 31.9 Å². The predicted octanol–water partition coefficient (Wildman–Crippen LogP) is 2.30. The van der Waals surface area contributed by atoms with Gasteiger partial charge < -0.3 is 15.4 Å². The number of oxime groups is 1. The van der Waals surface area contributed by atoms with Gasteiger partial charge in [-0.3, -0.25) is 0 Å². The molecule has 0 saturated carbocycles. The number of hydrogen-bond donors (Lipinski definition) is 3. The van der Waals surface area contributed by atoms with Gasteiger partial charge in [-0.15, -0.1) is 0 Å². The normalized spacial score (nSPS) is 11.9. The minimum atomic E-state index is -1.02. The van der Waals surface area contributed by atoms with Crippen LogP contribution in [0.1, 0.15) is 24.0 Å². The van der Waals surface area contributed by atoms with Crippen LogP contribution in [0, 0.1) is 6.92 Å². The van der Waals surface area contributed by atoms with Crippen LogP contribution in [0.4, 0.5) is 0 Å². The SMILES string of the molecule is Cc1ccc(O)c(/C(CC/C=C/C(=O)O)=N/O)c1. The molecule has 0 aliphatic carbocycles. The van der Waals surface area contributed by atoms with Gasteiger partial charge in [0.2, 0.25) is 0 Å². The summed E-state index contributed by atoms with van der Waals surface area (Å²) < 4.78 is 0. The van der Waals surface area contributed by atoms with E-state index in [1.54, 1.807) is 12.1 Å². The number of phenols is 1. The zero-order valence-electron chi connectivity index (χ0n) is 10.00. The summed E-state index contributed by atoms with van der Waals surface area (Å²) in [7, 11) is 0. The molecule has 0 aliphatic heterocycles. The van der Waals surface area contributed by atoms with E-state index in [9.17, 15) is 9.90 Å². The van der Waals surface area contributed by atoms with E-state index in [0.717, 1.165) is 11.6 Å². The van der Waals surface area contributed by atoms with Gasteiger partial charge >= 0.3 is 5.97 Å². The zero-order valence-corrected chi connectivity index (χ0v) is 10.00. The molecule has 0 fully saturated rings. The lowest BCUT2D eigenvalue weighted by molar-refractivity contribution is -0.131. The molecule has 1 aromatic carbocycles. The third-order valence-corrected chi connectivity index (χ3v) is 2.39. The number of carboxylic acid groups (broad SMARTS) is 1. The van der Waals surface area contributed by atoms with Crippen molar-refractivity contribution >= 4 is 11.7 Å². The maximum Gasteiger partial charge on any atom is 0.327 e. The van der Waals surface area contributed by atoms with E-state index in [0.29, 0.717) is 24.1 Å². The van der Waals surface area contributed by atoms with Crippen LogP contribution in [-0.2, 0) is 4.79 Å². The number of nitrogens with zero attached hydrogens (tertiary/aromatic N) is 1. The monoisotopic (exact) mass is 249 g/mol. The summed E-state index contributed by atoms with van der Waals surface area (Å²) in [6, 6.07) is 4.99. The predicted molar refractivity (Wildman–Crippen MR) is 67.2 cm³/mol. The molecule has 5 heteroatoms. The molecule has 0 aliphatic rings. The fourth-order valence-electron chi connectivity index (χ4n) is 1.52. The van der Waals surface area contributed by atoms with Crippen LogP contribution >= 0.6 is 0 Å². The second kappa shape index (κ2) is 6.44. The standard InChI is InChI=1S/C13H15NO4/c1-9-6-7-12(15)10(8-9)11(14-18)4-2-3-5-13(16)17/h3,5-8,15,18H,2,4H2,1H3,(H,16,17)/b5-3+,14-11+. The van der Waals surface area contributed by atoms with E-state index in [1.165, 1.54) is 12.1 Å². The molecule has 1 aromatic rings. The Balaban J connectivity index is 2.78. The van der Waals surface area contributed by atoms with Gasteiger partial charge in [0.25, 0.3) is 0 Å². The number of carboxylic acids is 1. The number of rotatable bonds is 5. The lowest BCUT2D eigenvalue weighted by Gasteiger charge is -2.06. The first-order chi connectivity index (χ1) is 8.54. The van der Waals surface area contributed by atoms with E-state index in [-0.39, 0.29) is 5.75 Å². The van der Waals surface area contributed by atoms with Gasteiger partial charge in [-0.1, -0.05) is 22.9 Å². The third kappa shape index (κ3) is 3.93. The molecule has 3 N–H and O–H groups in total. The first-order valence-corrected chi connectivity index (χ1v) is 5.45. The quantitative estimate of drug-likeness (QED) is 0.323. The molecular weight excluding hydrogens is 234 g/mol. The smallest absolute Gasteiger partial charge is 0.327 e. The van der Waals surface area contributed by atoms with E-state index in [2.05, 4.69) is 5.16 Å². The van der Waals surface area contributed by atoms with Crippen molar-refractivity contribution in [3.8, 4) is 5.75 Å². The molecule has 5 nitrogen and oxygen atoms in total. The van der Waals surface area contributed by atoms with E-state index in [4.69, 9.17) is 10.3 Å². The van der Waals surface area contributed by atoms with E-state index < -0.39 is 5.97 Å². The largest absolute Gasteiger partial charge is 0.507 e. The Hall–Kier alpha value is -2.30. The average molecular weight is 249 g/mol. The molecule has 0 bridgehead atoms. The molecule has 0 spiro atoms. The van der Waals surface area contributed by atoms with Gasteiger partial charge in [-0.25, -0.2) is 4.79 Å². The zero-order chi connectivity index (χ0) is 13.5. The third-order valence-electron chi connectivity index (χ3n) is 2.39. The molecule has 0 heterocycles. The molecule has 0 unspecified atom stereocenters. The van der Waals surface area contributed by atoms with Gasteiger partial charge in [-0.2, -0.15) is 0 Å². The Kier molecular flexibility index (Phi) is 4.92. The molecule has 0 aromatic heterocycles. The fourth-order valence-corrected chi connectivity index (χ4v) is 1.52. The van der Waals surface area contributed by atoms with Crippen LogP contribution in [0.3, 0.4) is 0 Å². The average Bonchev–Trinajstić information content (AvgIpc) is 2.33. The topological polar surface area (TPSA) is 90.1 Å².